The standard InChI is InChI=1S/C20H17N3O5/c1-12-21-17(20(26)27)18(24)19(25)23(12)11-16(22-28)15-9-7-14(8-10-15)13-5-3-2-4-6-13/h2-10,24,28H,11H2,1H3,(H,26,27)/b22-16-. The Balaban J connectivity index is 1.93. The molecule has 1 heterocycles. The maximum Gasteiger partial charge on any atom is 0.358 e. The van der Waals surface area contributed by atoms with Crippen LogP contribution in [0.3, 0.4) is 0 Å². The molecule has 28 heavy (non-hydrogen) atoms. The van der Waals surface area contributed by atoms with Gasteiger partial charge >= 0.3 is 5.97 Å². The number of hydrogen-bond acceptors (Lipinski definition) is 6. The molecule has 142 valence electrons. The second-order valence-corrected chi connectivity index (χ2v) is 6.04. The van der Waals surface area contributed by atoms with Crippen molar-refractivity contribution in [2.24, 2.45) is 5.16 Å². The van der Waals surface area contributed by atoms with Crippen LogP contribution < -0.4 is 5.56 Å². The van der Waals surface area contributed by atoms with E-state index in [1.54, 1.807) is 12.1 Å². The Hall–Kier alpha value is -3.94. The van der Waals surface area contributed by atoms with Crippen molar-refractivity contribution in [1.29, 1.82) is 0 Å². The van der Waals surface area contributed by atoms with Gasteiger partial charge in [-0.15, -0.1) is 0 Å². The zero-order chi connectivity index (χ0) is 20.3. The molecule has 3 aromatic rings. The molecule has 0 aliphatic carbocycles. The van der Waals surface area contributed by atoms with Gasteiger partial charge in [0.2, 0.25) is 5.75 Å². The molecule has 0 unspecified atom stereocenters. The van der Waals surface area contributed by atoms with Gasteiger partial charge in [0.15, 0.2) is 5.69 Å². The molecule has 0 fully saturated rings. The lowest BCUT2D eigenvalue weighted by Gasteiger charge is -2.12. The first-order chi connectivity index (χ1) is 13.4. The predicted octanol–water partition coefficient (Wildman–Crippen LogP) is 2.50. The van der Waals surface area contributed by atoms with Crippen molar-refractivity contribution >= 4 is 11.7 Å². The molecule has 8 heteroatoms. The summed E-state index contributed by atoms with van der Waals surface area (Å²) in [5, 5.41) is 31.5. The molecule has 8 nitrogen and oxygen atoms in total. The van der Waals surface area contributed by atoms with Crippen molar-refractivity contribution in [3.63, 3.8) is 0 Å². The Labute approximate surface area is 159 Å². The Morgan fingerprint density at radius 2 is 1.68 bits per heavy atom. The summed E-state index contributed by atoms with van der Waals surface area (Å²) in [6.45, 7) is 1.24. The fourth-order valence-corrected chi connectivity index (χ4v) is 2.80. The van der Waals surface area contributed by atoms with Gasteiger partial charge in [-0.1, -0.05) is 59.8 Å². The molecule has 0 aliphatic heterocycles. The topological polar surface area (TPSA) is 125 Å². The lowest BCUT2D eigenvalue weighted by Crippen LogP contribution is -2.29. The van der Waals surface area contributed by atoms with Crippen LogP contribution in [0.15, 0.2) is 64.5 Å². The molecule has 0 spiro atoms. The van der Waals surface area contributed by atoms with Crippen molar-refractivity contribution in [2.75, 3.05) is 0 Å². The van der Waals surface area contributed by atoms with Crippen LogP contribution in [-0.2, 0) is 6.54 Å². The predicted molar refractivity (Wildman–Crippen MR) is 102 cm³/mol. The van der Waals surface area contributed by atoms with Crippen LogP contribution in [0.4, 0.5) is 0 Å². The summed E-state index contributed by atoms with van der Waals surface area (Å²) in [5.74, 6) is -2.39. The largest absolute Gasteiger partial charge is 0.501 e. The summed E-state index contributed by atoms with van der Waals surface area (Å²) in [6, 6.07) is 16.9. The van der Waals surface area contributed by atoms with Gasteiger partial charge in [0.1, 0.15) is 11.5 Å². The van der Waals surface area contributed by atoms with Gasteiger partial charge in [-0.3, -0.25) is 9.36 Å². The van der Waals surface area contributed by atoms with Crippen LogP contribution >= 0.6 is 0 Å². The lowest BCUT2D eigenvalue weighted by molar-refractivity contribution is 0.0685. The lowest BCUT2D eigenvalue weighted by atomic mass is 10.0. The third kappa shape index (κ3) is 3.61. The monoisotopic (exact) mass is 379 g/mol. The van der Waals surface area contributed by atoms with Crippen molar-refractivity contribution < 1.29 is 20.2 Å². The van der Waals surface area contributed by atoms with Crippen LogP contribution in [-0.4, -0.2) is 36.7 Å². The summed E-state index contributed by atoms with van der Waals surface area (Å²) in [6.07, 6.45) is 0. The highest BCUT2D eigenvalue weighted by atomic mass is 16.4. The second kappa shape index (κ2) is 7.75. The number of nitrogens with zero attached hydrogens (tertiary/aromatic N) is 3. The normalized spacial score (nSPS) is 11.4. The average molecular weight is 379 g/mol. The number of hydrogen-bond donors (Lipinski definition) is 3. The summed E-state index contributed by atoms with van der Waals surface area (Å²) in [4.78, 5) is 27.1. The smallest absolute Gasteiger partial charge is 0.358 e. The van der Waals surface area contributed by atoms with Crippen molar-refractivity contribution in [3.8, 4) is 16.9 Å². The van der Waals surface area contributed by atoms with Crippen LogP contribution in [0.1, 0.15) is 21.9 Å². The molecule has 0 saturated carbocycles. The summed E-state index contributed by atoms with van der Waals surface area (Å²) in [5.41, 5.74) is 1.09. The zero-order valence-electron chi connectivity index (χ0n) is 14.9. The molecular formula is C20H17N3O5. The van der Waals surface area contributed by atoms with E-state index in [1.807, 2.05) is 42.5 Å². The van der Waals surface area contributed by atoms with Gasteiger partial charge < -0.3 is 15.4 Å². The number of rotatable bonds is 5. The van der Waals surface area contributed by atoms with E-state index in [-0.39, 0.29) is 18.1 Å². The van der Waals surface area contributed by atoms with Crippen molar-refractivity contribution in [1.82, 2.24) is 9.55 Å². The Morgan fingerprint density at radius 3 is 2.25 bits per heavy atom. The number of carboxylic acid groups (broad SMARTS) is 1. The van der Waals surface area contributed by atoms with Crippen molar-refractivity contribution in [2.45, 2.75) is 13.5 Å². The molecule has 0 radical (unpaired) electrons. The van der Waals surface area contributed by atoms with Crippen molar-refractivity contribution in [3.05, 3.63) is 82.0 Å². The number of aromatic hydroxyl groups is 1. The van der Waals surface area contributed by atoms with E-state index in [0.29, 0.717) is 5.56 Å². The maximum atomic E-state index is 12.3. The number of aromatic nitrogens is 2. The van der Waals surface area contributed by atoms with Gasteiger partial charge in [0, 0.05) is 5.56 Å². The molecule has 3 rings (SSSR count). The van der Waals surface area contributed by atoms with E-state index < -0.39 is 23.0 Å². The summed E-state index contributed by atoms with van der Waals surface area (Å²) in [7, 11) is 0. The Bertz CT molecular complexity index is 1100. The fourth-order valence-electron chi connectivity index (χ4n) is 2.80. The quantitative estimate of drug-likeness (QED) is 0.355. The first-order valence-electron chi connectivity index (χ1n) is 8.33. The molecule has 0 amide bonds. The second-order valence-electron chi connectivity index (χ2n) is 6.04. The number of aryl methyl sites for hydroxylation is 1. The van der Waals surface area contributed by atoms with Gasteiger partial charge in [0.25, 0.3) is 5.56 Å². The van der Waals surface area contributed by atoms with E-state index >= 15 is 0 Å². The SMILES string of the molecule is Cc1nc(C(=O)O)c(O)c(=O)n1C/C(=N/O)c1ccc(-c2ccccc2)cc1. The Kier molecular flexibility index (Phi) is 5.21. The summed E-state index contributed by atoms with van der Waals surface area (Å²) < 4.78 is 1.04. The minimum absolute atomic E-state index is 0.0715. The molecule has 3 N–H and O–H groups in total. The minimum atomic E-state index is -1.50. The highest BCUT2D eigenvalue weighted by Crippen LogP contribution is 2.20. The molecule has 0 atom stereocenters. The fraction of sp³-hybridized carbons (Fsp3) is 0.100. The van der Waals surface area contributed by atoms with Gasteiger partial charge in [-0.05, 0) is 18.1 Å². The highest BCUT2D eigenvalue weighted by molar-refractivity contribution is 6.00. The molecular weight excluding hydrogens is 362 g/mol. The van der Waals surface area contributed by atoms with E-state index in [4.69, 9.17) is 5.11 Å². The number of carbonyl (C=O) groups is 1. The van der Waals surface area contributed by atoms with E-state index in [2.05, 4.69) is 10.1 Å². The number of carboxylic acids is 1. The third-order valence-electron chi connectivity index (χ3n) is 4.29. The van der Waals surface area contributed by atoms with E-state index in [1.165, 1.54) is 6.92 Å². The maximum absolute atomic E-state index is 12.3. The number of benzene rings is 2. The van der Waals surface area contributed by atoms with Crippen LogP contribution in [0.25, 0.3) is 11.1 Å². The minimum Gasteiger partial charge on any atom is -0.501 e. The van der Waals surface area contributed by atoms with Crippen LogP contribution in [0, 0.1) is 6.92 Å². The molecule has 0 bridgehead atoms. The molecule has 1 aromatic heterocycles. The van der Waals surface area contributed by atoms with Crippen LogP contribution in [0.5, 0.6) is 5.75 Å². The summed E-state index contributed by atoms with van der Waals surface area (Å²) >= 11 is 0. The van der Waals surface area contributed by atoms with Gasteiger partial charge in [-0.25, -0.2) is 9.78 Å². The first-order valence-corrected chi connectivity index (χ1v) is 8.33. The first kappa shape index (κ1) is 18.8. The highest BCUT2D eigenvalue weighted by Gasteiger charge is 2.20. The number of aromatic carboxylic acids is 1. The Morgan fingerprint density at radius 1 is 1.07 bits per heavy atom. The zero-order valence-corrected chi connectivity index (χ0v) is 14.9. The van der Waals surface area contributed by atoms with E-state index in [0.717, 1.165) is 15.7 Å². The average Bonchev–Trinajstić information content (AvgIpc) is 2.71. The number of oxime groups is 1. The molecule has 2 aromatic carbocycles. The molecule has 0 saturated heterocycles. The van der Waals surface area contributed by atoms with E-state index in [9.17, 15) is 19.9 Å². The molecule has 0 aliphatic rings. The van der Waals surface area contributed by atoms with Crippen LogP contribution in [0.2, 0.25) is 0 Å². The van der Waals surface area contributed by atoms with Gasteiger partial charge in [0.05, 0.1) is 6.54 Å². The van der Waals surface area contributed by atoms with Gasteiger partial charge in [-0.2, -0.15) is 0 Å². The third-order valence-corrected chi connectivity index (χ3v) is 4.29.